The summed E-state index contributed by atoms with van der Waals surface area (Å²) >= 11 is 0. The van der Waals surface area contributed by atoms with Gasteiger partial charge in [-0.25, -0.2) is 0 Å². The van der Waals surface area contributed by atoms with Crippen LogP contribution in [0.4, 0.5) is 0 Å². The summed E-state index contributed by atoms with van der Waals surface area (Å²) in [5.41, 5.74) is 0.137. The highest BCUT2D eigenvalue weighted by molar-refractivity contribution is 5.79. The number of esters is 1. The van der Waals surface area contributed by atoms with Gasteiger partial charge in [-0.1, -0.05) is 44.9 Å². The number of carbonyl (C=O) groups excluding carboxylic acids is 2. The maximum atomic E-state index is 11.6. The van der Waals surface area contributed by atoms with Crippen LogP contribution in [0.2, 0.25) is 0 Å². The Hall–Kier alpha value is -2.08. The molecule has 0 aliphatic heterocycles. The number of methoxy groups -OCH3 is 1. The first-order valence-corrected chi connectivity index (χ1v) is 11.4. The van der Waals surface area contributed by atoms with Gasteiger partial charge in [0.25, 0.3) is 0 Å². The van der Waals surface area contributed by atoms with Crippen LogP contribution in [-0.4, -0.2) is 38.4 Å². The normalized spacial score (nSPS) is 11.2. The Labute approximate surface area is 187 Å². The van der Waals surface area contributed by atoms with E-state index in [0.717, 1.165) is 32.0 Å². The second-order valence-corrected chi connectivity index (χ2v) is 8.74. The highest BCUT2D eigenvalue weighted by Crippen LogP contribution is 2.24. The van der Waals surface area contributed by atoms with Gasteiger partial charge in [0, 0.05) is 19.6 Å². The number of hydrogen-bond acceptors (Lipinski definition) is 6. The van der Waals surface area contributed by atoms with Crippen molar-refractivity contribution in [1.29, 1.82) is 0 Å². The van der Waals surface area contributed by atoms with Gasteiger partial charge < -0.3 is 18.9 Å². The van der Waals surface area contributed by atoms with Crippen LogP contribution < -0.4 is 9.47 Å². The molecule has 0 amide bonds. The molecule has 1 rings (SSSR count). The minimum Gasteiger partial charge on any atom is -0.493 e. The monoisotopic (exact) mass is 436 g/mol. The summed E-state index contributed by atoms with van der Waals surface area (Å²) in [5.74, 6) is 1.08. The molecule has 0 heterocycles. The molecule has 0 aromatic heterocycles. The van der Waals surface area contributed by atoms with Gasteiger partial charge in [-0.05, 0) is 45.7 Å². The molecule has 0 unspecified atom stereocenters. The van der Waals surface area contributed by atoms with Crippen molar-refractivity contribution < 1.29 is 28.5 Å². The van der Waals surface area contributed by atoms with Gasteiger partial charge in [0.1, 0.15) is 17.1 Å². The fourth-order valence-electron chi connectivity index (χ4n) is 3.14. The molecule has 176 valence electrons. The van der Waals surface area contributed by atoms with Crippen molar-refractivity contribution in [2.24, 2.45) is 0 Å². The van der Waals surface area contributed by atoms with E-state index in [1.165, 1.54) is 32.1 Å². The topological polar surface area (TPSA) is 71.1 Å². The van der Waals surface area contributed by atoms with Crippen molar-refractivity contribution in [3.05, 3.63) is 23.8 Å². The van der Waals surface area contributed by atoms with Crippen molar-refractivity contribution in [2.75, 3.05) is 20.5 Å². The lowest BCUT2D eigenvalue weighted by Gasteiger charge is -2.19. The van der Waals surface area contributed by atoms with Crippen LogP contribution in [0.25, 0.3) is 0 Å². The summed E-state index contributed by atoms with van der Waals surface area (Å²) in [7, 11) is 1.56. The van der Waals surface area contributed by atoms with E-state index in [9.17, 15) is 9.59 Å². The smallest absolute Gasteiger partial charge is 0.306 e. The van der Waals surface area contributed by atoms with E-state index in [1.54, 1.807) is 25.3 Å². The molecule has 6 nitrogen and oxygen atoms in total. The molecule has 0 saturated heterocycles. The third-order valence-corrected chi connectivity index (χ3v) is 4.66. The summed E-state index contributed by atoms with van der Waals surface area (Å²) in [6, 6.07) is 5.15. The molecular weight excluding hydrogens is 396 g/mol. The molecule has 0 spiro atoms. The van der Waals surface area contributed by atoms with Crippen molar-refractivity contribution in [2.45, 2.75) is 90.6 Å². The average molecular weight is 437 g/mol. The van der Waals surface area contributed by atoms with Gasteiger partial charge in [-0.15, -0.1) is 0 Å². The molecule has 0 N–H and O–H groups in total. The number of aldehydes is 1. The quantitative estimate of drug-likeness (QED) is 0.127. The number of hydrogen-bond donors (Lipinski definition) is 0. The molecule has 0 bridgehead atoms. The predicted molar refractivity (Wildman–Crippen MR) is 122 cm³/mol. The van der Waals surface area contributed by atoms with Gasteiger partial charge in [-0.2, -0.15) is 0 Å². The van der Waals surface area contributed by atoms with E-state index in [1.807, 2.05) is 20.8 Å². The molecular formula is C25H40O6. The zero-order valence-electron chi connectivity index (χ0n) is 19.7. The first-order chi connectivity index (χ1) is 14.9. The molecule has 0 atom stereocenters. The van der Waals surface area contributed by atoms with E-state index >= 15 is 0 Å². The van der Waals surface area contributed by atoms with Crippen LogP contribution in [-0.2, 0) is 14.3 Å². The molecule has 0 aliphatic rings. The third-order valence-electron chi connectivity index (χ3n) is 4.66. The summed E-state index contributed by atoms with van der Waals surface area (Å²) < 4.78 is 21.4. The predicted octanol–water partition coefficient (Wildman–Crippen LogP) is 6.10. The molecule has 0 radical (unpaired) electrons. The Morgan fingerprint density at radius 2 is 1.52 bits per heavy atom. The van der Waals surface area contributed by atoms with Gasteiger partial charge in [0.05, 0.1) is 12.2 Å². The van der Waals surface area contributed by atoms with Gasteiger partial charge >= 0.3 is 5.97 Å². The fourth-order valence-corrected chi connectivity index (χ4v) is 3.14. The highest BCUT2D eigenvalue weighted by Gasteiger charge is 2.15. The Kier molecular flexibility index (Phi) is 13.6. The minimum atomic E-state index is -0.387. The van der Waals surface area contributed by atoms with Gasteiger partial charge in [-0.3, -0.25) is 9.59 Å². The first-order valence-electron chi connectivity index (χ1n) is 11.4. The standard InChI is InChI=1S/C25H40O6/c1-25(2,3)31-24(27)14-12-10-8-6-5-7-9-11-13-17-29-23-18-22(30-20-28-4)16-15-21(23)19-26/h15-16,18-19H,5-14,17,20H2,1-4H3. The molecule has 6 heteroatoms. The molecule has 1 aromatic carbocycles. The third kappa shape index (κ3) is 13.8. The number of ether oxygens (including phenoxy) is 4. The summed E-state index contributed by atoms with van der Waals surface area (Å²) in [6.45, 7) is 6.44. The van der Waals surface area contributed by atoms with E-state index in [0.29, 0.717) is 30.1 Å². The minimum absolute atomic E-state index is 0.0933. The second kappa shape index (κ2) is 15.7. The Morgan fingerprint density at radius 3 is 2.10 bits per heavy atom. The molecule has 31 heavy (non-hydrogen) atoms. The lowest BCUT2D eigenvalue weighted by atomic mass is 10.1. The first kappa shape index (κ1) is 27.0. The molecule has 0 saturated carbocycles. The highest BCUT2D eigenvalue weighted by atomic mass is 16.7. The van der Waals surface area contributed by atoms with E-state index in [2.05, 4.69) is 0 Å². The molecule has 1 aromatic rings. The zero-order valence-corrected chi connectivity index (χ0v) is 19.7. The van der Waals surface area contributed by atoms with E-state index < -0.39 is 0 Å². The van der Waals surface area contributed by atoms with Crippen LogP contribution >= 0.6 is 0 Å². The second-order valence-electron chi connectivity index (χ2n) is 8.74. The Morgan fingerprint density at radius 1 is 0.903 bits per heavy atom. The fraction of sp³-hybridized carbons (Fsp3) is 0.680. The molecule has 0 fully saturated rings. The maximum Gasteiger partial charge on any atom is 0.306 e. The Bertz CT molecular complexity index is 635. The lowest BCUT2D eigenvalue weighted by molar-refractivity contribution is -0.154. The Balaban J connectivity index is 2.03. The van der Waals surface area contributed by atoms with E-state index in [-0.39, 0.29) is 18.4 Å². The van der Waals surface area contributed by atoms with Crippen LogP contribution in [0.5, 0.6) is 11.5 Å². The summed E-state index contributed by atoms with van der Waals surface area (Å²) in [6.07, 6.45) is 11.4. The van der Waals surface area contributed by atoms with Crippen molar-refractivity contribution in [3.63, 3.8) is 0 Å². The van der Waals surface area contributed by atoms with Crippen molar-refractivity contribution in [3.8, 4) is 11.5 Å². The van der Waals surface area contributed by atoms with Crippen LogP contribution in [0.15, 0.2) is 18.2 Å². The van der Waals surface area contributed by atoms with Crippen LogP contribution in [0.3, 0.4) is 0 Å². The summed E-state index contributed by atoms with van der Waals surface area (Å²) in [4.78, 5) is 22.8. The SMILES string of the molecule is COCOc1ccc(C=O)c(OCCCCCCCCCCCC(=O)OC(C)(C)C)c1. The van der Waals surface area contributed by atoms with Crippen molar-refractivity contribution in [1.82, 2.24) is 0 Å². The number of benzene rings is 1. The van der Waals surface area contributed by atoms with Gasteiger partial charge in [0.2, 0.25) is 0 Å². The summed E-state index contributed by atoms with van der Waals surface area (Å²) in [5, 5.41) is 0. The molecule has 0 aliphatic carbocycles. The van der Waals surface area contributed by atoms with Gasteiger partial charge in [0.15, 0.2) is 13.1 Å². The average Bonchev–Trinajstić information content (AvgIpc) is 2.71. The number of rotatable bonds is 17. The largest absolute Gasteiger partial charge is 0.493 e. The van der Waals surface area contributed by atoms with Crippen LogP contribution in [0.1, 0.15) is 95.3 Å². The maximum absolute atomic E-state index is 11.6. The van der Waals surface area contributed by atoms with Crippen LogP contribution in [0, 0.1) is 0 Å². The van der Waals surface area contributed by atoms with E-state index in [4.69, 9.17) is 18.9 Å². The van der Waals surface area contributed by atoms with Crippen molar-refractivity contribution >= 4 is 12.3 Å². The lowest BCUT2D eigenvalue weighted by Crippen LogP contribution is -2.23. The zero-order chi connectivity index (χ0) is 23.0. The number of unbranched alkanes of at least 4 members (excludes halogenated alkanes) is 8. The number of carbonyl (C=O) groups is 2.